The Morgan fingerprint density at radius 2 is 0.722 bits per heavy atom. The van der Waals surface area contributed by atoms with Gasteiger partial charge in [-0.25, -0.2) is 0 Å². The predicted octanol–water partition coefficient (Wildman–Crippen LogP) is 20.1. The number of hydrogen-bond acceptors (Lipinski definition) is 8. The Kier molecular flexibility index (Phi) is 57.2. The zero-order valence-corrected chi connectivity index (χ0v) is 52.7. The largest absolute Gasteiger partial charge is 0.756 e. The zero-order valence-electron chi connectivity index (χ0n) is 51.8. The summed E-state index contributed by atoms with van der Waals surface area (Å²) in [6.45, 7) is 4.12. The summed E-state index contributed by atoms with van der Waals surface area (Å²) in [4.78, 5) is 37.9. The number of phosphoric acid groups is 1. The van der Waals surface area contributed by atoms with Gasteiger partial charge in [0.25, 0.3) is 7.82 Å². The minimum atomic E-state index is -4.64. The van der Waals surface area contributed by atoms with Crippen LogP contribution < -0.4 is 4.89 Å². The number of quaternary nitrogens is 1. The molecule has 0 aliphatic carbocycles. The minimum absolute atomic E-state index is 0.0332. The van der Waals surface area contributed by atoms with Crippen LogP contribution in [0.4, 0.5) is 0 Å². The van der Waals surface area contributed by atoms with Gasteiger partial charge in [0.2, 0.25) is 0 Å². The van der Waals surface area contributed by atoms with Gasteiger partial charge in [0.05, 0.1) is 27.7 Å². The lowest BCUT2D eigenvalue weighted by molar-refractivity contribution is -0.870. The molecule has 0 aromatic heterocycles. The molecule has 0 N–H and O–H groups in total. The maximum atomic E-state index is 12.8. The number of allylic oxidation sites excluding steroid dienone is 16. The number of hydrogen-bond donors (Lipinski definition) is 0. The number of carbonyl (C=O) groups excluding carboxylic acids is 2. The molecule has 0 radical (unpaired) electrons. The van der Waals surface area contributed by atoms with Crippen LogP contribution in [0.25, 0.3) is 0 Å². The number of phosphoric ester groups is 1. The van der Waals surface area contributed by atoms with Crippen molar-refractivity contribution < 1.29 is 42.1 Å². The van der Waals surface area contributed by atoms with E-state index in [0.717, 1.165) is 103 Å². The van der Waals surface area contributed by atoms with E-state index in [2.05, 4.69) is 111 Å². The molecule has 0 bridgehead atoms. The summed E-state index contributed by atoms with van der Waals surface area (Å²) in [5.41, 5.74) is 0. The summed E-state index contributed by atoms with van der Waals surface area (Å²) >= 11 is 0. The molecule has 0 aromatic rings. The van der Waals surface area contributed by atoms with Crippen LogP contribution in [0.1, 0.15) is 277 Å². The number of nitrogens with zero attached hydrogens (tertiary/aromatic N) is 1. The molecule has 2 unspecified atom stereocenters. The molecular weight excluding hydrogens is 1000 g/mol. The Balaban J connectivity index is 3.94. The molecule has 0 aromatic carbocycles. The van der Waals surface area contributed by atoms with Gasteiger partial charge >= 0.3 is 11.9 Å². The van der Waals surface area contributed by atoms with Crippen molar-refractivity contribution in [1.29, 1.82) is 0 Å². The first kappa shape index (κ1) is 75.9. The SMILES string of the molecule is CC/C=C\C/C=C\C/C=C\C/C=C\C/C=C\C/C=C\C/C=C\CCCCCCCCCCCCCCCCCCCCCC(=O)OC(COC(=O)CCCCCCC/C=C\CCCCCCC)COP(=O)([O-])OCC[N+](C)(C)C. The second-order valence-electron chi connectivity index (χ2n) is 22.7. The first-order chi connectivity index (χ1) is 38.5. The van der Waals surface area contributed by atoms with Crippen LogP contribution in [0.5, 0.6) is 0 Å². The maximum absolute atomic E-state index is 12.8. The lowest BCUT2D eigenvalue weighted by atomic mass is 10.0. The van der Waals surface area contributed by atoms with Crippen molar-refractivity contribution in [2.24, 2.45) is 0 Å². The van der Waals surface area contributed by atoms with Gasteiger partial charge in [-0.05, 0) is 96.3 Å². The molecule has 10 heteroatoms. The fourth-order valence-corrected chi connectivity index (χ4v) is 9.60. The van der Waals surface area contributed by atoms with Gasteiger partial charge in [0, 0.05) is 12.8 Å². The van der Waals surface area contributed by atoms with Crippen molar-refractivity contribution in [3.63, 3.8) is 0 Å². The summed E-state index contributed by atoms with van der Waals surface area (Å²) in [5, 5.41) is 0. The molecule has 0 aliphatic rings. The Morgan fingerprint density at radius 1 is 0.405 bits per heavy atom. The Bertz CT molecular complexity index is 1650. The molecule has 79 heavy (non-hydrogen) atoms. The van der Waals surface area contributed by atoms with Crippen LogP contribution in [-0.2, 0) is 32.7 Å². The Hall–Kier alpha value is -3.07. The van der Waals surface area contributed by atoms with E-state index in [-0.39, 0.29) is 32.0 Å². The van der Waals surface area contributed by atoms with E-state index in [1.165, 1.54) is 141 Å². The van der Waals surface area contributed by atoms with E-state index >= 15 is 0 Å². The van der Waals surface area contributed by atoms with Crippen molar-refractivity contribution in [1.82, 2.24) is 0 Å². The third-order valence-electron chi connectivity index (χ3n) is 13.8. The van der Waals surface area contributed by atoms with Crippen molar-refractivity contribution in [3.05, 3.63) is 97.2 Å². The van der Waals surface area contributed by atoms with Crippen molar-refractivity contribution in [3.8, 4) is 0 Å². The lowest BCUT2D eigenvalue weighted by Gasteiger charge is -2.28. The standard InChI is InChI=1S/C69H122NO8P/c1-6-8-10-12-14-16-18-20-22-23-24-25-26-27-28-29-30-31-32-33-34-35-36-37-38-39-40-41-42-43-44-45-46-47-48-50-52-54-56-58-60-62-69(72)78-67(66-77-79(73,74)76-64-63-70(3,4)5)65-75-68(71)61-59-57-55-53-51-49-21-19-17-15-13-11-9-7-2/h8,10,14,16,19-22,24-25,27-28,30-31,33-34,67H,6-7,9,11-13,15,17-18,23,26,29,32,35-66H2,1-5H3/b10-8-,16-14-,21-19-,22-20-,25-24-,28-27-,31-30-,34-33-. The Labute approximate surface area is 487 Å². The number of rotatable bonds is 59. The molecule has 0 saturated carbocycles. The van der Waals surface area contributed by atoms with E-state index in [4.69, 9.17) is 18.5 Å². The first-order valence-electron chi connectivity index (χ1n) is 32.4. The third-order valence-corrected chi connectivity index (χ3v) is 14.8. The van der Waals surface area contributed by atoms with Gasteiger partial charge < -0.3 is 27.9 Å². The molecule has 9 nitrogen and oxygen atoms in total. The maximum Gasteiger partial charge on any atom is 0.306 e. The first-order valence-corrected chi connectivity index (χ1v) is 33.9. The molecule has 0 fully saturated rings. The second-order valence-corrected chi connectivity index (χ2v) is 24.2. The molecule has 0 rings (SSSR count). The number of likely N-dealkylation sites (N-methyl/N-ethyl adjacent to an activating group) is 1. The van der Waals surface area contributed by atoms with Crippen LogP contribution in [-0.4, -0.2) is 70.0 Å². The van der Waals surface area contributed by atoms with Gasteiger partial charge in [0.1, 0.15) is 19.8 Å². The van der Waals surface area contributed by atoms with E-state index in [9.17, 15) is 19.0 Å². The summed E-state index contributed by atoms with van der Waals surface area (Å²) < 4.78 is 34.2. The van der Waals surface area contributed by atoms with Gasteiger partial charge in [0.15, 0.2) is 6.10 Å². The molecule has 2 atom stereocenters. The third kappa shape index (κ3) is 64.0. The normalized spacial score (nSPS) is 13.8. The van der Waals surface area contributed by atoms with E-state index in [1.807, 2.05) is 21.1 Å². The van der Waals surface area contributed by atoms with Gasteiger partial charge in [-0.3, -0.25) is 14.2 Å². The van der Waals surface area contributed by atoms with Crippen LogP contribution in [0, 0.1) is 0 Å². The molecule has 0 spiro atoms. The highest BCUT2D eigenvalue weighted by molar-refractivity contribution is 7.45. The number of esters is 2. The monoisotopic (exact) mass is 1120 g/mol. The van der Waals surface area contributed by atoms with Crippen molar-refractivity contribution in [2.45, 2.75) is 283 Å². The quantitative estimate of drug-likeness (QED) is 0.0195. The molecule has 0 aliphatic heterocycles. The number of carbonyl (C=O) groups is 2. The van der Waals surface area contributed by atoms with E-state index in [0.29, 0.717) is 17.4 Å². The highest BCUT2D eigenvalue weighted by Gasteiger charge is 2.22. The minimum Gasteiger partial charge on any atom is -0.756 e. The van der Waals surface area contributed by atoms with Gasteiger partial charge in [-0.15, -0.1) is 0 Å². The predicted molar refractivity (Wildman–Crippen MR) is 337 cm³/mol. The molecule has 0 saturated heterocycles. The summed E-state index contributed by atoms with van der Waals surface area (Å²) in [6, 6.07) is 0. The molecule has 0 amide bonds. The van der Waals surface area contributed by atoms with Crippen LogP contribution in [0.15, 0.2) is 97.2 Å². The molecular formula is C69H122NO8P. The average Bonchev–Trinajstić information content (AvgIpc) is 3.41. The zero-order chi connectivity index (χ0) is 57.7. The van der Waals surface area contributed by atoms with Crippen LogP contribution >= 0.6 is 7.82 Å². The smallest absolute Gasteiger partial charge is 0.306 e. The molecule has 456 valence electrons. The summed E-state index contributed by atoms with van der Waals surface area (Å²) in [5.74, 6) is -0.837. The highest BCUT2D eigenvalue weighted by atomic mass is 31.2. The molecule has 0 heterocycles. The van der Waals surface area contributed by atoms with Gasteiger partial charge in [-0.1, -0.05) is 265 Å². The van der Waals surface area contributed by atoms with Crippen molar-refractivity contribution >= 4 is 19.8 Å². The fourth-order valence-electron chi connectivity index (χ4n) is 8.87. The average molecular weight is 1120 g/mol. The van der Waals surface area contributed by atoms with E-state index in [1.54, 1.807) is 0 Å². The second kappa shape index (κ2) is 59.5. The van der Waals surface area contributed by atoms with Crippen LogP contribution in [0.3, 0.4) is 0 Å². The number of ether oxygens (including phenoxy) is 2. The van der Waals surface area contributed by atoms with Gasteiger partial charge in [-0.2, -0.15) is 0 Å². The van der Waals surface area contributed by atoms with Crippen LogP contribution in [0.2, 0.25) is 0 Å². The lowest BCUT2D eigenvalue weighted by Crippen LogP contribution is -2.37. The number of unbranched alkanes of at least 4 members (excludes halogenated alkanes) is 29. The summed E-state index contributed by atoms with van der Waals surface area (Å²) in [6.07, 6.45) is 82.0. The fraction of sp³-hybridized carbons (Fsp3) is 0.739. The van der Waals surface area contributed by atoms with E-state index < -0.39 is 26.5 Å². The highest BCUT2D eigenvalue weighted by Crippen LogP contribution is 2.38. The topological polar surface area (TPSA) is 111 Å². The Morgan fingerprint density at radius 3 is 1.09 bits per heavy atom. The summed E-state index contributed by atoms with van der Waals surface area (Å²) in [7, 11) is 1.16. The van der Waals surface area contributed by atoms with Crippen molar-refractivity contribution in [2.75, 3.05) is 47.5 Å².